The molecule has 0 aromatic heterocycles. The zero-order chi connectivity index (χ0) is 19.3. The van der Waals surface area contributed by atoms with Crippen LogP contribution in [0.4, 0.5) is 20.2 Å². The molecule has 2 aromatic carbocycles. The van der Waals surface area contributed by atoms with Crippen LogP contribution in [0, 0.1) is 10.1 Å². The molecule has 0 bridgehead atoms. The lowest BCUT2D eigenvalue weighted by molar-refractivity contribution is -0.385. The van der Waals surface area contributed by atoms with Crippen molar-refractivity contribution in [2.45, 2.75) is 13.5 Å². The van der Waals surface area contributed by atoms with Gasteiger partial charge in [-0.25, -0.2) is 0 Å². The van der Waals surface area contributed by atoms with Crippen LogP contribution in [0.5, 0.6) is 11.5 Å². The fraction of sp³-hybridized carbons (Fsp3) is 0.235. The molecular weight excluding hydrogens is 350 g/mol. The molecule has 26 heavy (non-hydrogen) atoms. The standard InChI is InChI=1S/C17H16F2N2O5/c1-3-20(11-7-5-4-6-8-11)16(22)12-9-14(25-2)15(26-17(18)19)10-13(12)21(23)24/h4-10,17H,3H2,1-2H3. The summed E-state index contributed by atoms with van der Waals surface area (Å²) >= 11 is 0. The number of nitro benzene ring substituents is 1. The molecule has 0 N–H and O–H groups in total. The molecule has 138 valence electrons. The van der Waals surface area contributed by atoms with Crippen LogP contribution in [0.1, 0.15) is 17.3 Å². The maximum absolute atomic E-state index is 12.9. The molecule has 2 rings (SSSR count). The quantitative estimate of drug-likeness (QED) is 0.549. The zero-order valence-electron chi connectivity index (χ0n) is 14.0. The van der Waals surface area contributed by atoms with Crippen molar-refractivity contribution >= 4 is 17.3 Å². The summed E-state index contributed by atoms with van der Waals surface area (Å²) in [6.45, 7) is -1.23. The molecule has 0 spiro atoms. The van der Waals surface area contributed by atoms with E-state index in [9.17, 15) is 23.7 Å². The molecule has 0 aliphatic carbocycles. The molecule has 0 fully saturated rings. The minimum Gasteiger partial charge on any atom is -0.493 e. The Kier molecular flexibility index (Phi) is 6.05. The number of benzene rings is 2. The lowest BCUT2D eigenvalue weighted by Crippen LogP contribution is -2.31. The first-order valence-electron chi connectivity index (χ1n) is 7.57. The number of para-hydroxylation sites is 1. The van der Waals surface area contributed by atoms with E-state index in [1.165, 1.54) is 12.0 Å². The average Bonchev–Trinajstić information content (AvgIpc) is 2.62. The summed E-state index contributed by atoms with van der Waals surface area (Å²) in [5.74, 6) is -1.39. The van der Waals surface area contributed by atoms with Gasteiger partial charge < -0.3 is 14.4 Å². The van der Waals surface area contributed by atoms with Crippen LogP contribution >= 0.6 is 0 Å². The second-order valence-electron chi connectivity index (χ2n) is 5.04. The van der Waals surface area contributed by atoms with Gasteiger partial charge >= 0.3 is 6.61 Å². The van der Waals surface area contributed by atoms with E-state index in [0.717, 1.165) is 12.1 Å². The molecule has 0 saturated carbocycles. The normalized spacial score (nSPS) is 10.5. The van der Waals surface area contributed by atoms with E-state index in [4.69, 9.17) is 4.74 Å². The second-order valence-corrected chi connectivity index (χ2v) is 5.04. The number of nitrogens with zero attached hydrogens (tertiary/aromatic N) is 2. The number of methoxy groups -OCH3 is 1. The van der Waals surface area contributed by atoms with E-state index in [0.29, 0.717) is 5.69 Å². The topological polar surface area (TPSA) is 81.9 Å². The van der Waals surface area contributed by atoms with Gasteiger partial charge in [0.2, 0.25) is 0 Å². The number of hydrogen-bond acceptors (Lipinski definition) is 5. The maximum Gasteiger partial charge on any atom is 0.387 e. The molecule has 2 aromatic rings. The van der Waals surface area contributed by atoms with Gasteiger partial charge in [-0.3, -0.25) is 14.9 Å². The molecule has 0 aliphatic rings. The number of ether oxygens (including phenoxy) is 2. The highest BCUT2D eigenvalue weighted by Gasteiger charge is 2.29. The van der Waals surface area contributed by atoms with Gasteiger partial charge in [0, 0.05) is 18.3 Å². The van der Waals surface area contributed by atoms with E-state index < -0.39 is 28.9 Å². The van der Waals surface area contributed by atoms with Gasteiger partial charge in [0.05, 0.1) is 18.1 Å². The highest BCUT2D eigenvalue weighted by molar-refractivity contribution is 6.09. The first-order chi connectivity index (χ1) is 12.4. The molecule has 7 nitrogen and oxygen atoms in total. The van der Waals surface area contributed by atoms with E-state index in [1.807, 2.05) is 0 Å². The molecule has 0 unspecified atom stereocenters. The Morgan fingerprint density at radius 3 is 2.38 bits per heavy atom. The number of carbonyl (C=O) groups excluding carboxylic acids is 1. The Hall–Kier alpha value is -3.23. The Morgan fingerprint density at radius 2 is 1.88 bits per heavy atom. The third kappa shape index (κ3) is 4.05. The van der Waals surface area contributed by atoms with Crippen LogP contribution in [-0.4, -0.2) is 31.1 Å². The summed E-state index contributed by atoms with van der Waals surface area (Å²) in [5, 5.41) is 11.4. The molecule has 0 heterocycles. The second kappa shape index (κ2) is 8.24. The summed E-state index contributed by atoms with van der Waals surface area (Å²) in [6, 6.07) is 10.4. The molecule has 0 aliphatic heterocycles. The van der Waals surface area contributed by atoms with Crippen LogP contribution in [-0.2, 0) is 0 Å². The third-order valence-corrected chi connectivity index (χ3v) is 3.55. The van der Waals surface area contributed by atoms with Crippen molar-refractivity contribution in [1.82, 2.24) is 0 Å². The highest BCUT2D eigenvalue weighted by atomic mass is 19.3. The fourth-order valence-corrected chi connectivity index (χ4v) is 2.42. The molecule has 0 atom stereocenters. The lowest BCUT2D eigenvalue weighted by Gasteiger charge is -2.21. The van der Waals surface area contributed by atoms with E-state index in [1.54, 1.807) is 37.3 Å². The minimum absolute atomic E-state index is 0.205. The van der Waals surface area contributed by atoms with Crippen LogP contribution in [0.25, 0.3) is 0 Å². The Morgan fingerprint density at radius 1 is 1.23 bits per heavy atom. The summed E-state index contributed by atoms with van der Waals surface area (Å²) in [6.07, 6.45) is 0. The van der Waals surface area contributed by atoms with Gasteiger partial charge in [0.25, 0.3) is 11.6 Å². The number of alkyl halides is 2. The van der Waals surface area contributed by atoms with Crippen molar-refractivity contribution in [3.63, 3.8) is 0 Å². The summed E-state index contributed by atoms with van der Waals surface area (Å²) in [7, 11) is 1.18. The Bertz CT molecular complexity index is 799. The minimum atomic E-state index is -3.19. The summed E-state index contributed by atoms with van der Waals surface area (Å²) in [4.78, 5) is 24.7. The predicted molar refractivity (Wildman–Crippen MR) is 90.1 cm³/mol. The molecule has 0 saturated heterocycles. The van der Waals surface area contributed by atoms with Gasteiger partial charge in [-0.05, 0) is 19.1 Å². The number of amides is 1. The maximum atomic E-state index is 12.9. The van der Waals surface area contributed by atoms with Gasteiger partial charge in [0.15, 0.2) is 11.5 Å². The monoisotopic (exact) mass is 366 g/mol. The largest absolute Gasteiger partial charge is 0.493 e. The van der Waals surface area contributed by atoms with Crippen LogP contribution in [0.2, 0.25) is 0 Å². The molecular formula is C17H16F2N2O5. The predicted octanol–water partition coefficient (Wildman–Crippen LogP) is 3.87. The van der Waals surface area contributed by atoms with Gasteiger partial charge in [-0.1, -0.05) is 18.2 Å². The molecule has 0 radical (unpaired) electrons. The van der Waals surface area contributed by atoms with E-state index in [-0.39, 0.29) is 17.9 Å². The zero-order valence-corrected chi connectivity index (χ0v) is 14.0. The van der Waals surface area contributed by atoms with Crippen LogP contribution in [0.15, 0.2) is 42.5 Å². The number of hydrogen-bond donors (Lipinski definition) is 0. The first kappa shape index (κ1) is 19.1. The van der Waals surface area contributed by atoms with E-state index in [2.05, 4.69) is 4.74 Å². The number of halogens is 2. The SMILES string of the molecule is CCN(C(=O)c1cc(OC)c(OC(F)F)cc1[N+](=O)[O-])c1ccccc1. The van der Waals surface area contributed by atoms with Crippen molar-refractivity contribution in [3.8, 4) is 11.5 Å². The highest BCUT2D eigenvalue weighted by Crippen LogP contribution is 2.36. The van der Waals surface area contributed by atoms with Crippen molar-refractivity contribution in [2.75, 3.05) is 18.6 Å². The smallest absolute Gasteiger partial charge is 0.387 e. The number of nitro groups is 1. The Labute approximate surface area is 147 Å². The van der Waals surface area contributed by atoms with Crippen molar-refractivity contribution in [1.29, 1.82) is 0 Å². The van der Waals surface area contributed by atoms with Crippen LogP contribution in [0.3, 0.4) is 0 Å². The van der Waals surface area contributed by atoms with Crippen molar-refractivity contribution < 1.29 is 28.0 Å². The van der Waals surface area contributed by atoms with Gasteiger partial charge in [-0.15, -0.1) is 0 Å². The van der Waals surface area contributed by atoms with E-state index >= 15 is 0 Å². The van der Waals surface area contributed by atoms with Gasteiger partial charge in [-0.2, -0.15) is 8.78 Å². The number of rotatable bonds is 7. The van der Waals surface area contributed by atoms with Crippen molar-refractivity contribution in [2.24, 2.45) is 0 Å². The molecule has 9 heteroatoms. The number of anilines is 1. The summed E-state index contributed by atoms with van der Waals surface area (Å²) < 4.78 is 34.2. The van der Waals surface area contributed by atoms with Crippen LogP contribution < -0.4 is 14.4 Å². The van der Waals surface area contributed by atoms with Crippen molar-refractivity contribution in [3.05, 3.63) is 58.1 Å². The average molecular weight is 366 g/mol. The fourth-order valence-electron chi connectivity index (χ4n) is 2.42. The third-order valence-electron chi connectivity index (χ3n) is 3.55. The Balaban J connectivity index is 2.55. The first-order valence-corrected chi connectivity index (χ1v) is 7.57. The number of carbonyl (C=O) groups is 1. The van der Waals surface area contributed by atoms with Gasteiger partial charge in [0.1, 0.15) is 5.56 Å². The lowest BCUT2D eigenvalue weighted by atomic mass is 10.1. The molecule has 1 amide bonds. The summed E-state index contributed by atoms with van der Waals surface area (Å²) in [5.41, 5.74) is -0.402.